The summed E-state index contributed by atoms with van der Waals surface area (Å²) in [7, 11) is 1.58. The van der Waals surface area contributed by atoms with Crippen molar-refractivity contribution in [1.82, 2.24) is 24.8 Å². The molecule has 0 spiro atoms. The first-order chi connectivity index (χ1) is 18.8. The third kappa shape index (κ3) is 4.09. The number of nitrogens with zero attached hydrogens (tertiary/aromatic N) is 4. The van der Waals surface area contributed by atoms with Crippen molar-refractivity contribution >= 4 is 28.3 Å². The van der Waals surface area contributed by atoms with Gasteiger partial charge in [-0.25, -0.2) is 4.52 Å². The maximum absolute atomic E-state index is 13.6. The number of pyridine rings is 1. The zero-order chi connectivity index (χ0) is 27.3. The number of aliphatic hydroxyl groups is 1. The SMILES string of the molecule is CNC(=O)c1c(C)oc2cc(Oc3ccnn4cc(C(=O)N5CCC(O)(c6cccnc6)C5)c(C)c34)ccc12. The zero-order valence-corrected chi connectivity index (χ0v) is 21.8. The van der Waals surface area contributed by atoms with E-state index in [2.05, 4.69) is 15.4 Å². The van der Waals surface area contributed by atoms with E-state index in [1.54, 1.807) is 78.5 Å². The van der Waals surface area contributed by atoms with Crippen LogP contribution in [0.2, 0.25) is 0 Å². The fourth-order valence-electron chi connectivity index (χ4n) is 5.33. The molecule has 1 aromatic carbocycles. The lowest BCUT2D eigenvalue weighted by atomic mass is 9.95. The van der Waals surface area contributed by atoms with Crippen LogP contribution < -0.4 is 10.1 Å². The minimum Gasteiger partial charge on any atom is -0.460 e. The van der Waals surface area contributed by atoms with Gasteiger partial charge in [-0.3, -0.25) is 14.6 Å². The molecular weight excluding hydrogens is 498 g/mol. The number of hydrogen-bond acceptors (Lipinski definition) is 7. The van der Waals surface area contributed by atoms with Crippen LogP contribution >= 0.6 is 0 Å². The Kier molecular flexibility index (Phi) is 5.84. The molecule has 4 aromatic heterocycles. The molecular formula is C29H27N5O5. The number of carbonyl (C=O) groups excluding carboxylic acids is 2. The van der Waals surface area contributed by atoms with Gasteiger partial charge in [0.2, 0.25) is 0 Å². The number of ether oxygens (including phenoxy) is 1. The van der Waals surface area contributed by atoms with Crippen LogP contribution in [0.15, 0.2) is 65.6 Å². The molecule has 0 radical (unpaired) electrons. The van der Waals surface area contributed by atoms with Gasteiger partial charge in [-0.05, 0) is 44.0 Å². The Morgan fingerprint density at radius 2 is 2.03 bits per heavy atom. The lowest BCUT2D eigenvalue weighted by Crippen LogP contribution is -2.34. The molecule has 1 fully saturated rings. The highest BCUT2D eigenvalue weighted by Gasteiger charge is 2.40. The molecule has 5 heterocycles. The number of hydrogen-bond donors (Lipinski definition) is 2. The first kappa shape index (κ1) is 24.6. The molecule has 2 N–H and O–H groups in total. The molecule has 2 amide bonds. The number of fused-ring (bicyclic) bond motifs is 2. The quantitative estimate of drug-likeness (QED) is 0.356. The second kappa shape index (κ2) is 9.25. The minimum atomic E-state index is -1.13. The highest BCUT2D eigenvalue weighted by atomic mass is 16.5. The van der Waals surface area contributed by atoms with E-state index in [0.717, 1.165) is 5.56 Å². The standard InChI is InChI=1S/C29H27N5O5/c1-17-22(28(36)33-12-9-29(37,16-33)19-5-4-10-31-14-19)15-34-26(17)23(8-11-32-34)39-20-6-7-21-24(13-20)38-18(2)25(21)27(35)30-3/h4-8,10-11,13-15,37H,9,12,16H2,1-3H3,(H,30,35). The summed E-state index contributed by atoms with van der Waals surface area (Å²) in [6.45, 7) is 4.21. The fraction of sp³-hybridized carbons (Fsp3) is 0.241. The monoisotopic (exact) mass is 525 g/mol. The van der Waals surface area contributed by atoms with Gasteiger partial charge in [-0.2, -0.15) is 5.10 Å². The number of carbonyl (C=O) groups is 2. The van der Waals surface area contributed by atoms with Crippen molar-refractivity contribution < 1.29 is 23.8 Å². The number of amides is 2. The first-order valence-corrected chi connectivity index (χ1v) is 12.6. The molecule has 1 saturated heterocycles. The third-order valence-electron chi connectivity index (χ3n) is 7.37. The lowest BCUT2D eigenvalue weighted by Gasteiger charge is -2.23. The van der Waals surface area contributed by atoms with E-state index < -0.39 is 5.60 Å². The van der Waals surface area contributed by atoms with Gasteiger partial charge in [0.1, 0.15) is 28.2 Å². The number of benzene rings is 1. The molecule has 1 aliphatic heterocycles. The largest absolute Gasteiger partial charge is 0.460 e. The van der Waals surface area contributed by atoms with Gasteiger partial charge in [0.15, 0.2) is 5.75 Å². The van der Waals surface area contributed by atoms with Gasteiger partial charge in [0.05, 0.1) is 23.9 Å². The number of aryl methyl sites for hydroxylation is 2. The van der Waals surface area contributed by atoms with Crippen LogP contribution in [-0.4, -0.2) is 56.6 Å². The van der Waals surface area contributed by atoms with E-state index in [0.29, 0.717) is 63.4 Å². The summed E-state index contributed by atoms with van der Waals surface area (Å²) in [5.74, 6) is 1.16. The summed E-state index contributed by atoms with van der Waals surface area (Å²) in [4.78, 5) is 31.6. The second-order valence-corrected chi connectivity index (χ2v) is 9.78. The average Bonchev–Trinajstić information content (AvgIpc) is 3.61. The summed E-state index contributed by atoms with van der Waals surface area (Å²) in [5.41, 5.74) is 2.45. The van der Waals surface area contributed by atoms with Crippen LogP contribution in [0.25, 0.3) is 16.5 Å². The molecule has 0 aliphatic carbocycles. The van der Waals surface area contributed by atoms with Gasteiger partial charge < -0.3 is 24.5 Å². The van der Waals surface area contributed by atoms with E-state index >= 15 is 0 Å². The first-order valence-electron chi connectivity index (χ1n) is 12.6. The summed E-state index contributed by atoms with van der Waals surface area (Å²) >= 11 is 0. The highest BCUT2D eigenvalue weighted by Crippen LogP contribution is 2.36. The summed E-state index contributed by atoms with van der Waals surface area (Å²) in [5, 5.41) is 18.9. The fourth-order valence-corrected chi connectivity index (χ4v) is 5.33. The molecule has 39 heavy (non-hydrogen) atoms. The summed E-state index contributed by atoms with van der Waals surface area (Å²) in [6.07, 6.45) is 7.02. The van der Waals surface area contributed by atoms with Gasteiger partial charge in [0.25, 0.3) is 11.8 Å². The molecule has 5 aromatic rings. The summed E-state index contributed by atoms with van der Waals surface area (Å²) in [6, 6.07) is 10.6. The van der Waals surface area contributed by atoms with E-state index in [-0.39, 0.29) is 18.4 Å². The van der Waals surface area contributed by atoms with E-state index in [9.17, 15) is 14.7 Å². The molecule has 6 rings (SSSR count). The van der Waals surface area contributed by atoms with Crippen molar-refractivity contribution in [3.05, 3.63) is 89.2 Å². The van der Waals surface area contributed by atoms with Crippen LogP contribution in [0, 0.1) is 13.8 Å². The van der Waals surface area contributed by atoms with E-state index in [1.807, 2.05) is 13.0 Å². The Hall–Kier alpha value is -4.70. The van der Waals surface area contributed by atoms with Crippen LogP contribution in [0.3, 0.4) is 0 Å². The van der Waals surface area contributed by atoms with Gasteiger partial charge in [-0.1, -0.05) is 6.07 Å². The molecule has 1 unspecified atom stereocenters. The second-order valence-electron chi connectivity index (χ2n) is 9.78. The molecule has 198 valence electrons. The lowest BCUT2D eigenvalue weighted by molar-refractivity contribution is 0.0414. The van der Waals surface area contributed by atoms with Crippen LogP contribution in [-0.2, 0) is 5.60 Å². The number of nitrogens with one attached hydrogen (secondary N) is 1. The topological polar surface area (TPSA) is 122 Å². The highest BCUT2D eigenvalue weighted by molar-refractivity contribution is 6.07. The van der Waals surface area contributed by atoms with E-state index in [4.69, 9.17) is 9.15 Å². The Balaban J connectivity index is 1.30. The Bertz CT molecular complexity index is 1740. The molecule has 0 bridgehead atoms. The molecule has 10 heteroatoms. The van der Waals surface area contributed by atoms with Crippen molar-refractivity contribution in [3.8, 4) is 11.5 Å². The number of β-amino-alcohol motifs (C(OH)–C–C–N with tert-alkyl or cyclic N) is 1. The number of aromatic nitrogens is 3. The van der Waals surface area contributed by atoms with Gasteiger partial charge >= 0.3 is 0 Å². The zero-order valence-electron chi connectivity index (χ0n) is 21.8. The van der Waals surface area contributed by atoms with Crippen LogP contribution in [0.4, 0.5) is 0 Å². The Labute approximate surface area is 223 Å². The molecule has 10 nitrogen and oxygen atoms in total. The number of rotatable bonds is 5. The minimum absolute atomic E-state index is 0.181. The Morgan fingerprint density at radius 1 is 1.18 bits per heavy atom. The molecule has 0 saturated carbocycles. The predicted molar refractivity (Wildman–Crippen MR) is 143 cm³/mol. The van der Waals surface area contributed by atoms with Crippen molar-refractivity contribution in [2.75, 3.05) is 20.1 Å². The number of likely N-dealkylation sites (tertiary alicyclic amines) is 1. The maximum atomic E-state index is 13.6. The van der Waals surface area contributed by atoms with Crippen molar-refractivity contribution in [2.45, 2.75) is 25.9 Å². The predicted octanol–water partition coefficient (Wildman–Crippen LogP) is 3.98. The van der Waals surface area contributed by atoms with Crippen molar-refractivity contribution in [2.24, 2.45) is 0 Å². The van der Waals surface area contributed by atoms with Crippen LogP contribution in [0.5, 0.6) is 11.5 Å². The third-order valence-corrected chi connectivity index (χ3v) is 7.37. The average molecular weight is 526 g/mol. The van der Waals surface area contributed by atoms with Crippen molar-refractivity contribution in [3.63, 3.8) is 0 Å². The van der Waals surface area contributed by atoms with Gasteiger partial charge in [-0.15, -0.1) is 0 Å². The van der Waals surface area contributed by atoms with Crippen molar-refractivity contribution in [1.29, 1.82) is 0 Å². The van der Waals surface area contributed by atoms with Crippen LogP contribution in [0.1, 0.15) is 44.0 Å². The smallest absolute Gasteiger partial charge is 0.255 e. The molecule has 1 atom stereocenters. The normalized spacial score (nSPS) is 17.2. The Morgan fingerprint density at radius 3 is 2.79 bits per heavy atom. The summed E-state index contributed by atoms with van der Waals surface area (Å²) < 4.78 is 13.7. The van der Waals surface area contributed by atoms with E-state index in [1.165, 1.54) is 0 Å². The maximum Gasteiger partial charge on any atom is 0.255 e. The van der Waals surface area contributed by atoms with Gasteiger partial charge in [0, 0.05) is 55.3 Å². The molecule has 1 aliphatic rings. The number of furan rings is 1.